The number of nitrogens with zero attached hydrogens (tertiary/aromatic N) is 2. The Morgan fingerprint density at radius 3 is 2.71 bits per heavy atom. The van der Waals surface area contributed by atoms with Crippen LogP contribution in [0.25, 0.3) is 22.0 Å². The first-order chi connectivity index (χ1) is 8.34. The Labute approximate surface area is 98.9 Å². The molecule has 2 heterocycles. The molecule has 3 nitrogen and oxygen atoms in total. The van der Waals surface area contributed by atoms with E-state index in [4.69, 9.17) is 5.73 Å². The molecule has 2 N–H and O–H groups in total. The number of aromatic nitrogens is 2. The number of fused-ring (bicyclic) bond motifs is 1. The van der Waals surface area contributed by atoms with Crippen LogP contribution in [0.3, 0.4) is 0 Å². The molecular weight excluding hydrogens is 210 g/mol. The van der Waals surface area contributed by atoms with Gasteiger partial charge in [0, 0.05) is 17.8 Å². The molecule has 3 aromatic rings. The minimum atomic E-state index is 0.531. The molecule has 0 aliphatic carbocycles. The minimum Gasteiger partial charge on any atom is -0.384 e. The Kier molecular flexibility index (Phi) is 2.22. The van der Waals surface area contributed by atoms with Crippen molar-refractivity contribution in [2.24, 2.45) is 0 Å². The maximum atomic E-state index is 5.71. The third kappa shape index (κ3) is 1.72. The van der Waals surface area contributed by atoms with Gasteiger partial charge in [-0.2, -0.15) is 0 Å². The molecule has 2 aromatic heterocycles. The first-order valence-corrected chi connectivity index (χ1v) is 5.40. The summed E-state index contributed by atoms with van der Waals surface area (Å²) in [6.07, 6.45) is 3.52. The van der Waals surface area contributed by atoms with Gasteiger partial charge in [-0.1, -0.05) is 18.2 Å². The van der Waals surface area contributed by atoms with E-state index in [2.05, 4.69) is 22.1 Å². The molecule has 0 aliphatic heterocycles. The van der Waals surface area contributed by atoms with Gasteiger partial charge >= 0.3 is 0 Å². The lowest BCUT2D eigenvalue weighted by Gasteiger charge is -2.06. The number of anilines is 1. The van der Waals surface area contributed by atoms with Crippen LogP contribution in [0.1, 0.15) is 0 Å². The van der Waals surface area contributed by atoms with E-state index in [1.165, 1.54) is 0 Å². The number of rotatable bonds is 1. The molecule has 0 fully saturated rings. The van der Waals surface area contributed by atoms with Crippen LogP contribution in [-0.4, -0.2) is 9.97 Å². The molecule has 0 amide bonds. The Morgan fingerprint density at radius 2 is 1.82 bits per heavy atom. The summed E-state index contributed by atoms with van der Waals surface area (Å²) in [7, 11) is 0. The topological polar surface area (TPSA) is 51.8 Å². The second-order valence-electron chi connectivity index (χ2n) is 3.85. The zero-order chi connectivity index (χ0) is 11.7. The van der Waals surface area contributed by atoms with E-state index in [1.54, 1.807) is 12.4 Å². The Hall–Kier alpha value is -2.42. The molecule has 1 aromatic carbocycles. The van der Waals surface area contributed by atoms with Crippen molar-refractivity contribution in [3.63, 3.8) is 0 Å². The van der Waals surface area contributed by atoms with Gasteiger partial charge in [0.2, 0.25) is 0 Å². The summed E-state index contributed by atoms with van der Waals surface area (Å²) in [5, 5.41) is 1.13. The van der Waals surface area contributed by atoms with Gasteiger partial charge in [0.25, 0.3) is 0 Å². The zero-order valence-electron chi connectivity index (χ0n) is 9.17. The van der Waals surface area contributed by atoms with Crippen molar-refractivity contribution in [1.82, 2.24) is 9.97 Å². The monoisotopic (exact) mass is 221 g/mol. The first-order valence-electron chi connectivity index (χ1n) is 5.40. The van der Waals surface area contributed by atoms with Crippen LogP contribution in [0, 0.1) is 0 Å². The number of nitrogen functional groups attached to an aromatic ring is 1. The maximum absolute atomic E-state index is 5.71. The summed E-state index contributed by atoms with van der Waals surface area (Å²) in [6, 6.07) is 13.9. The highest BCUT2D eigenvalue weighted by atomic mass is 14.8. The third-order valence-corrected chi connectivity index (χ3v) is 2.74. The van der Waals surface area contributed by atoms with Crippen molar-refractivity contribution >= 4 is 16.7 Å². The van der Waals surface area contributed by atoms with Crippen molar-refractivity contribution in [3.05, 3.63) is 54.9 Å². The lowest BCUT2D eigenvalue weighted by atomic mass is 10.0. The fraction of sp³-hybridized carbons (Fsp3) is 0. The number of nitrogens with two attached hydrogens (primary N) is 1. The van der Waals surface area contributed by atoms with E-state index in [9.17, 15) is 0 Å². The molecule has 17 heavy (non-hydrogen) atoms. The summed E-state index contributed by atoms with van der Waals surface area (Å²) in [6.45, 7) is 0. The van der Waals surface area contributed by atoms with E-state index in [-0.39, 0.29) is 0 Å². The van der Waals surface area contributed by atoms with Crippen LogP contribution < -0.4 is 5.73 Å². The minimum absolute atomic E-state index is 0.531. The highest BCUT2D eigenvalue weighted by Gasteiger charge is 2.04. The van der Waals surface area contributed by atoms with Gasteiger partial charge in [0.15, 0.2) is 0 Å². The lowest BCUT2D eigenvalue weighted by molar-refractivity contribution is 1.34. The average Bonchev–Trinajstić information content (AvgIpc) is 2.38. The molecule has 0 spiro atoms. The number of hydrogen-bond donors (Lipinski definition) is 1. The Bertz CT molecular complexity index is 672. The Morgan fingerprint density at radius 1 is 0.882 bits per heavy atom. The molecule has 0 aliphatic rings. The summed E-state index contributed by atoms with van der Waals surface area (Å²) in [5.41, 5.74) is 8.89. The molecule has 82 valence electrons. The second kappa shape index (κ2) is 3.87. The lowest BCUT2D eigenvalue weighted by Crippen LogP contribution is -1.90. The summed E-state index contributed by atoms with van der Waals surface area (Å²) >= 11 is 0. The fourth-order valence-corrected chi connectivity index (χ4v) is 1.97. The van der Waals surface area contributed by atoms with E-state index in [1.807, 2.05) is 30.3 Å². The van der Waals surface area contributed by atoms with Crippen molar-refractivity contribution in [1.29, 1.82) is 0 Å². The van der Waals surface area contributed by atoms with Gasteiger partial charge in [0.1, 0.15) is 5.82 Å². The molecule has 0 bridgehead atoms. The predicted molar refractivity (Wildman–Crippen MR) is 69.4 cm³/mol. The van der Waals surface area contributed by atoms with Gasteiger partial charge < -0.3 is 5.73 Å². The number of benzene rings is 1. The summed E-state index contributed by atoms with van der Waals surface area (Å²) in [5.74, 6) is 0.531. The molecule has 0 radical (unpaired) electrons. The normalized spacial score (nSPS) is 10.6. The largest absolute Gasteiger partial charge is 0.384 e. The molecular formula is C14H11N3. The SMILES string of the molecule is Nc1cc(-c2cccc3ncccc23)ccn1. The molecule has 0 unspecified atom stereocenters. The average molecular weight is 221 g/mol. The van der Waals surface area contributed by atoms with Crippen molar-refractivity contribution in [3.8, 4) is 11.1 Å². The highest BCUT2D eigenvalue weighted by molar-refractivity contribution is 5.94. The molecule has 0 saturated carbocycles. The van der Waals surface area contributed by atoms with Crippen LogP contribution in [0.2, 0.25) is 0 Å². The van der Waals surface area contributed by atoms with Crippen LogP contribution in [0.4, 0.5) is 5.82 Å². The first kappa shape index (κ1) is 9.78. The third-order valence-electron chi connectivity index (χ3n) is 2.74. The number of pyridine rings is 2. The standard InChI is InChI=1S/C14H11N3/c15-14-9-10(6-8-17-14)11-3-1-5-13-12(11)4-2-7-16-13/h1-9H,(H2,15,17). The smallest absolute Gasteiger partial charge is 0.123 e. The van der Waals surface area contributed by atoms with E-state index in [0.717, 1.165) is 22.0 Å². The second-order valence-corrected chi connectivity index (χ2v) is 3.85. The quantitative estimate of drug-likeness (QED) is 0.687. The van der Waals surface area contributed by atoms with Crippen molar-refractivity contribution in [2.45, 2.75) is 0 Å². The highest BCUT2D eigenvalue weighted by Crippen LogP contribution is 2.27. The van der Waals surface area contributed by atoms with Gasteiger partial charge in [-0.25, -0.2) is 4.98 Å². The Balaban J connectivity index is 2.30. The van der Waals surface area contributed by atoms with E-state index >= 15 is 0 Å². The summed E-state index contributed by atoms with van der Waals surface area (Å²) < 4.78 is 0. The molecule has 0 atom stereocenters. The van der Waals surface area contributed by atoms with Crippen molar-refractivity contribution in [2.75, 3.05) is 5.73 Å². The van der Waals surface area contributed by atoms with Gasteiger partial charge in [0.05, 0.1) is 5.52 Å². The van der Waals surface area contributed by atoms with Crippen LogP contribution in [0.5, 0.6) is 0 Å². The van der Waals surface area contributed by atoms with Gasteiger partial charge in [-0.15, -0.1) is 0 Å². The van der Waals surface area contributed by atoms with Crippen LogP contribution in [-0.2, 0) is 0 Å². The predicted octanol–water partition coefficient (Wildman–Crippen LogP) is 2.88. The maximum Gasteiger partial charge on any atom is 0.123 e. The van der Waals surface area contributed by atoms with Crippen LogP contribution >= 0.6 is 0 Å². The molecule has 3 heteroatoms. The number of hydrogen-bond acceptors (Lipinski definition) is 3. The van der Waals surface area contributed by atoms with Gasteiger partial charge in [-0.05, 0) is 35.4 Å². The van der Waals surface area contributed by atoms with Crippen molar-refractivity contribution < 1.29 is 0 Å². The molecule has 3 rings (SSSR count). The zero-order valence-corrected chi connectivity index (χ0v) is 9.17. The molecule has 0 saturated heterocycles. The van der Waals surface area contributed by atoms with E-state index in [0.29, 0.717) is 5.82 Å². The van der Waals surface area contributed by atoms with Crippen LogP contribution in [0.15, 0.2) is 54.9 Å². The fourth-order valence-electron chi connectivity index (χ4n) is 1.97. The van der Waals surface area contributed by atoms with E-state index < -0.39 is 0 Å². The van der Waals surface area contributed by atoms with Gasteiger partial charge in [-0.3, -0.25) is 4.98 Å². The summed E-state index contributed by atoms with van der Waals surface area (Å²) in [4.78, 5) is 8.35.